The van der Waals surface area contributed by atoms with Crippen LogP contribution >= 0.6 is 0 Å². The van der Waals surface area contributed by atoms with Crippen LogP contribution in [0, 0.1) is 12.7 Å². The largest absolute Gasteiger partial charge is 0.495 e. The Labute approximate surface area is 152 Å². The molecule has 2 rings (SSSR count). The standard InChI is InChI=1S/C18H21FN2O4S/c1-12-5-6-13(9-15(12)19)11-20-18(22)14-7-8-16(25-4)17(10-14)26(23,24)21(2)3/h5-10H,11H2,1-4H3,(H,20,22). The van der Waals surface area contributed by atoms with Crippen molar-refractivity contribution in [3.05, 3.63) is 58.9 Å². The highest BCUT2D eigenvalue weighted by Crippen LogP contribution is 2.26. The van der Waals surface area contributed by atoms with E-state index in [4.69, 9.17) is 4.74 Å². The van der Waals surface area contributed by atoms with E-state index in [9.17, 15) is 17.6 Å². The van der Waals surface area contributed by atoms with E-state index in [2.05, 4.69) is 5.32 Å². The normalized spacial score (nSPS) is 11.5. The molecule has 1 amide bonds. The summed E-state index contributed by atoms with van der Waals surface area (Å²) in [5, 5.41) is 2.65. The molecule has 140 valence electrons. The molecule has 0 saturated heterocycles. The van der Waals surface area contributed by atoms with Crippen LogP contribution in [0.3, 0.4) is 0 Å². The second kappa shape index (κ2) is 7.84. The van der Waals surface area contributed by atoms with E-state index >= 15 is 0 Å². The lowest BCUT2D eigenvalue weighted by Crippen LogP contribution is -2.25. The summed E-state index contributed by atoms with van der Waals surface area (Å²) in [6.45, 7) is 1.78. The average molecular weight is 380 g/mol. The van der Waals surface area contributed by atoms with Gasteiger partial charge in [0.25, 0.3) is 5.91 Å². The number of aryl methyl sites for hydroxylation is 1. The molecule has 0 saturated carbocycles. The molecule has 26 heavy (non-hydrogen) atoms. The molecule has 0 aliphatic rings. The zero-order chi connectivity index (χ0) is 19.5. The molecule has 0 aliphatic carbocycles. The van der Waals surface area contributed by atoms with Gasteiger partial charge in [0.15, 0.2) is 0 Å². The van der Waals surface area contributed by atoms with Crippen molar-refractivity contribution in [2.24, 2.45) is 0 Å². The zero-order valence-electron chi connectivity index (χ0n) is 15.0. The van der Waals surface area contributed by atoms with E-state index in [1.807, 2.05) is 0 Å². The lowest BCUT2D eigenvalue weighted by molar-refractivity contribution is 0.0950. The number of benzene rings is 2. The molecule has 0 fully saturated rings. The van der Waals surface area contributed by atoms with Crippen molar-refractivity contribution in [1.82, 2.24) is 9.62 Å². The Morgan fingerprint density at radius 1 is 1.19 bits per heavy atom. The molecule has 0 heterocycles. The van der Waals surface area contributed by atoms with Crippen molar-refractivity contribution in [2.75, 3.05) is 21.2 Å². The number of nitrogens with zero attached hydrogens (tertiary/aromatic N) is 1. The van der Waals surface area contributed by atoms with Crippen molar-refractivity contribution in [1.29, 1.82) is 0 Å². The minimum Gasteiger partial charge on any atom is -0.495 e. The lowest BCUT2D eigenvalue weighted by atomic mass is 10.1. The van der Waals surface area contributed by atoms with Gasteiger partial charge < -0.3 is 10.1 Å². The molecule has 1 N–H and O–H groups in total. The van der Waals surface area contributed by atoms with E-state index in [1.54, 1.807) is 19.1 Å². The molecular weight excluding hydrogens is 359 g/mol. The smallest absolute Gasteiger partial charge is 0.251 e. The summed E-state index contributed by atoms with van der Waals surface area (Å²) in [6, 6.07) is 8.86. The Morgan fingerprint density at radius 3 is 2.46 bits per heavy atom. The van der Waals surface area contributed by atoms with Gasteiger partial charge in [0.05, 0.1) is 7.11 Å². The summed E-state index contributed by atoms with van der Waals surface area (Å²) < 4.78 is 44.5. The number of methoxy groups -OCH3 is 1. The predicted octanol–water partition coefficient (Wildman–Crippen LogP) is 2.32. The van der Waals surface area contributed by atoms with Crippen molar-refractivity contribution < 1.29 is 22.3 Å². The monoisotopic (exact) mass is 380 g/mol. The molecule has 0 aliphatic heterocycles. The Kier molecular flexibility index (Phi) is 5.99. The van der Waals surface area contributed by atoms with Crippen LogP contribution in [0.5, 0.6) is 5.75 Å². The van der Waals surface area contributed by atoms with E-state index in [0.717, 1.165) is 4.31 Å². The number of nitrogens with one attached hydrogen (secondary N) is 1. The first-order chi connectivity index (χ1) is 12.2. The van der Waals surface area contributed by atoms with Crippen LogP contribution in [-0.4, -0.2) is 39.8 Å². The Morgan fingerprint density at radius 2 is 1.88 bits per heavy atom. The number of carbonyl (C=O) groups excluding carboxylic acids is 1. The van der Waals surface area contributed by atoms with Crippen LogP contribution in [0.4, 0.5) is 4.39 Å². The Balaban J connectivity index is 2.25. The van der Waals surface area contributed by atoms with Crippen molar-refractivity contribution >= 4 is 15.9 Å². The van der Waals surface area contributed by atoms with E-state index in [-0.39, 0.29) is 28.6 Å². The van der Waals surface area contributed by atoms with Gasteiger partial charge in [-0.1, -0.05) is 12.1 Å². The molecule has 2 aromatic rings. The van der Waals surface area contributed by atoms with Gasteiger partial charge in [-0.3, -0.25) is 4.79 Å². The number of ether oxygens (including phenoxy) is 1. The summed E-state index contributed by atoms with van der Waals surface area (Å²) >= 11 is 0. The third-order valence-corrected chi connectivity index (χ3v) is 5.71. The lowest BCUT2D eigenvalue weighted by Gasteiger charge is -2.15. The highest BCUT2D eigenvalue weighted by molar-refractivity contribution is 7.89. The van der Waals surface area contributed by atoms with Gasteiger partial charge in [-0.25, -0.2) is 17.1 Å². The summed E-state index contributed by atoms with van der Waals surface area (Å²) in [6.07, 6.45) is 0. The first-order valence-corrected chi connectivity index (χ1v) is 9.24. The zero-order valence-corrected chi connectivity index (χ0v) is 15.9. The topological polar surface area (TPSA) is 75.7 Å². The minimum absolute atomic E-state index is 0.0981. The third kappa shape index (κ3) is 4.20. The Hall–Kier alpha value is -2.45. The SMILES string of the molecule is COc1ccc(C(=O)NCc2ccc(C)c(F)c2)cc1S(=O)(=O)N(C)C. The van der Waals surface area contributed by atoms with Gasteiger partial charge in [0.1, 0.15) is 16.5 Å². The minimum atomic E-state index is -3.77. The number of rotatable bonds is 6. The number of amides is 1. The van der Waals surface area contributed by atoms with Crippen LogP contribution in [-0.2, 0) is 16.6 Å². The molecule has 0 bridgehead atoms. The fourth-order valence-corrected chi connectivity index (χ4v) is 3.32. The van der Waals surface area contributed by atoms with E-state index < -0.39 is 15.9 Å². The second-order valence-electron chi connectivity index (χ2n) is 5.92. The first-order valence-electron chi connectivity index (χ1n) is 7.80. The van der Waals surface area contributed by atoms with Gasteiger partial charge in [0.2, 0.25) is 10.0 Å². The van der Waals surface area contributed by atoms with Crippen molar-refractivity contribution in [2.45, 2.75) is 18.4 Å². The Bertz CT molecular complexity index is 927. The molecule has 8 heteroatoms. The number of sulfonamides is 1. The molecule has 0 aromatic heterocycles. The van der Waals surface area contributed by atoms with Gasteiger partial charge in [-0.2, -0.15) is 0 Å². The molecule has 0 spiro atoms. The fraction of sp³-hybridized carbons (Fsp3) is 0.278. The van der Waals surface area contributed by atoms with Crippen molar-refractivity contribution in [3.8, 4) is 5.75 Å². The number of hydrogen-bond acceptors (Lipinski definition) is 4. The van der Waals surface area contributed by atoms with Crippen LogP contribution in [0.15, 0.2) is 41.3 Å². The van der Waals surface area contributed by atoms with Crippen LogP contribution in [0.2, 0.25) is 0 Å². The summed E-state index contributed by atoms with van der Waals surface area (Å²) in [4.78, 5) is 12.3. The number of halogens is 1. The van der Waals surface area contributed by atoms with Gasteiger partial charge in [0, 0.05) is 26.2 Å². The molecule has 0 unspecified atom stereocenters. The first kappa shape index (κ1) is 19.9. The van der Waals surface area contributed by atoms with Crippen molar-refractivity contribution in [3.63, 3.8) is 0 Å². The predicted molar refractivity (Wildman–Crippen MR) is 96.2 cm³/mol. The number of hydrogen-bond donors (Lipinski definition) is 1. The van der Waals surface area contributed by atoms with Gasteiger partial charge in [-0.05, 0) is 42.3 Å². The quantitative estimate of drug-likeness (QED) is 0.835. The number of carbonyl (C=O) groups is 1. The molecule has 2 aromatic carbocycles. The summed E-state index contributed by atoms with van der Waals surface area (Å²) in [5.74, 6) is -0.666. The van der Waals surface area contributed by atoms with Crippen LogP contribution < -0.4 is 10.1 Å². The van der Waals surface area contributed by atoms with Crippen LogP contribution in [0.1, 0.15) is 21.5 Å². The maximum absolute atomic E-state index is 13.6. The fourth-order valence-electron chi connectivity index (χ4n) is 2.25. The maximum atomic E-state index is 13.6. The molecular formula is C18H21FN2O4S. The van der Waals surface area contributed by atoms with E-state index in [0.29, 0.717) is 11.1 Å². The van der Waals surface area contributed by atoms with Gasteiger partial charge >= 0.3 is 0 Å². The summed E-state index contributed by atoms with van der Waals surface area (Å²) in [5.41, 5.74) is 1.30. The van der Waals surface area contributed by atoms with E-state index in [1.165, 1.54) is 45.5 Å². The maximum Gasteiger partial charge on any atom is 0.251 e. The third-order valence-electron chi connectivity index (χ3n) is 3.87. The second-order valence-corrected chi connectivity index (χ2v) is 8.04. The van der Waals surface area contributed by atoms with Crippen LogP contribution in [0.25, 0.3) is 0 Å². The highest BCUT2D eigenvalue weighted by atomic mass is 32.2. The average Bonchev–Trinajstić information content (AvgIpc) is 2.61. The molecule has 0 radical (unpaired) electrons. The highest BCUT2D eigenvalue weighted by Gasteiger charge is 2.23. The molecule has 0 atom stereocenters. The van der Waals surface area contributed by atoms with Gasteiger partial charge in [-0.15, -0.1) is 0 Å². The summed E-state index contributed by atoms with van der Waals surface area (Å²) in [7, 11) is 0.375. The molecule has 6 nitrogen and oxygen atoms in total.